The molecule has 0 spiro atoms. The van der Waals surface area contributed by atoms with Crippen LogP contribution >= 0.6 is 11.8 Å². The Morgan fingerprint density at radius 3 is 1.92 bits per heavy atom. The Kier molecular flexibility index (Phi) is 11.0. The van der Waals surface area contributed by atoms with E-state index in [1.807, 2.05) is 42.5 Å². The predicted octanol–water partition coefficient (Wildman–Crippen LogP) is 6.68. The Hall–Kier alpha value is -6.13. The van der Waals surface area contributed by atoms with Gasteiger partial charge in [0.1, 0.15) is 16.7 Å². The molecule has 0 saturated carbocycles. The van der Waals surface area contributed by atoms with E-state index in [2.05, 4.69) is 16.0 Å². The first-order chi connectivity index (χ1) is 23.3. The zero-order chi connectivity index (χ0) is 33.9. The molecule has 48 heavy (non-hydrogen) atoms. The summed E-state index contributed by atoms with van der Waals surface area (Å²) in [5, 5.41) is 7.89. The normalized spacial score (nSPS) is 11.6. The van der Waals surface area contributed by atoms with Crippen molar-refractivity contribution in [3.05, 3.63) is 161 Å². The molecule has 0 fully saturated rings. The first kappa shape index (κ1) is 33.2. The fourth-order valence-corrected chi connectivity index (χ4v) is 5.69. The van der Waals surface area contributed by atoms with Gasteiger partial charge in [-0.2, -0.15) is 0 Å². The molecule has 0 aliphatic heterocycles. The number of methoxy groups -OCH3 is 1. The maximum Gasteiger partial charge on any atom is 0.272 e. The second-order valence-corrected chi connectivity index (χ2v) is 11.6. The number of primary amides is 1. The van der Waals surface area contributed by atoms with Crippen LogP contribution in [0.4, 0.5) is 11.4 Å². The maximum absolute atomic E-state index is 13.5. The quantitative estimate of drug-likeness (QED) is 0.0873. The lowest BCUT2D eigenvalue weighted by atomic mass is 10.1. The van der Waals surface area contributed by atoms with E-state index in [1.54, 1.807) is 97.1 Å². The Bertz CT molecular complexity index is 1930. The van der Waals surface area contributed by atoms with Gasteiger partial charge in [-0.25, -0.2) is 0 Å². The third kappa shape index (κ3) is 8.77. The molecular formula is C38H32N4O5S. The molecule has 9 nitrogen and oxygen atoms in total. The summed E-state index contributed by atoms with van der Waals surface area (Å²) in [6.07, 6.45) is 1.56. The van der Waals surface area contributed by atoms with Crippen LogP contribution in [0.5, 0.6) is 5.75 Å². The largest absolute Gasteiger partial charge is 0.496 e. The molecule has 10 heteroatoms. The van der Waals surface area contributed by atoms with Crippen molar-refractivity contribution >= 4 is 52.8 Å². The lowest BCUT2D eigenvalue weighted by Gasteiger charge is -2.18. The summed E-state index contributed by atoms with van der Waals surface area (Å²) < 4.78 is 5.44. The molecule has 240 valence electrons. The highest BCUT2D eigenvalue weighted by Gasteiger charge is 2.23. The van der Waals surface area contributed by atoms with E-state index >= 15 is 0 Å². The molecule has 5 aromatic rings. The van der Waals surface area contributed by atoms with Gasteiger partial charge in [0, 0.05) is 33.0 Å². The second kappa shape index (κ2) is 15.9. The second-order valence-electron chi connectivity index (χ2n) is 10.4. The van der Waals surface area contributed by atoms with Crippen molar-refractivity contribution in [2.75, 3.05) is 17.7 Å². The molecule has 0 heterocycles. The van der Waals surface area contributed by atoms with Gasteiger partial charge in [-0.3, -0.25) is 19.2 Å². The average Bonchev–Trinajstić information content (AvgIpc) is 3.12. The molecule has 5 rings (SSSR count). The Morgan fingerprint density at radius 2 is 1.27 bits per heavy atom. The van der Waals surface area contributed by atoms with Crippen molar-refractivity contribution < 1.29 is 23.9 Å². The van der Waals surface area contributed by atoms with Crippen molar-refractivity contribution in [3.8, 4) is 5.75 Å². The van der Waals surface area contributed by atoms with Crippen LogP contribution in [0.15, 0.2) is 144 Å². The fraction of sp³-hybridized carbons (Fsp3) is 0.0526. The summed E-state index contributed by atoms with van der Waals surface area (Å²) in [5.41, 5.74) is 8.52. The number of benzene rings is 5. The molecule has 0 saturated heterocycles. The molecular weight excluding hydrogens is 625 g/mol. The molecule has 1 unspecified atom stereocenters. The number of amides is 4. The Balaban J connectivity index is 1.33. The number of rotatable bonds is 12. The molecule has 5 aromatic carbocycles. The first-order valence-corrected chi connectivity index (χ1v) is 15.7. The minimum atomic E-state index is -0.606. The fourth-order valence-electron chi connectivity index (χ4n) is 4.66. The van der Waals surface area contributed by atoms with Gasteiger partial charge in [-0.15, -0.1) is 11.8 Å². The van der Waals surface area contributed by atoms with Gasteiger partial charge in [0.15, 0.2) is 0 Å². The summed E-state index contributed by atoms with van der Waals surface area (Å²) in [5.74, 6) is -1.23. The van der Waals surface area contributed by atoms with E-state index in [0.717, 1.165) is 10.5 Å². The first-order valence-electron chi connectivity index (χ1n) is 14.9. The Labute approximate surface area is 282 Å². The number of carbonyl (C=O) groups excluding carboxylic acids is 4. The Morgan fingerprint density at radius 1 is 0.688 bits per heavy atom. The van der Waals surface area contributed by atoms with Gasteiger partial charge < -0.3 is 26.4 Å². The van der Waals surface area contributed by atoms with Gasteiger partial charge in [0.25, 0.3) is 11.8 Å². The van der Waals surface area contributed by atoms with Gasteiger partial charge in [0.05, 0.1) is 7.11 Å². The summed E-state index contributed by atoms with van der Waals surface area (Å²) in [6, 6.07) is 38.5. The zero-order valence-corrected chi connectivity index (χ0v) is 26.7. The van der Waals surface area contributed by atoms with Crippen molar-refractivity contribution in [1.29, 1.82) is 0 Å². The van der Waals surface area contributed by atoms with Gasteiger partial charge in [-0.05, 0) is 78.4 Å². The van der Waals surface area contributed by atoms with E-state index in [1.165, 1.54) is 18.9 Å². The van der Waals surface area contributed by atoms with Crippen molar-refractivity contribution in [3.63, 3.8) is 0 Å². The number of hydrogen-bond acceptors (Lipinski definition) is 6. The number of nitrogens with two attached hydrogens (primary N) is 1. The molecule has 4 amide bonds. The molecule has 0 radical (unpaired) electrons. The van der Waals surface area contributed by atoms with Crippen molar-refractivity contribution in [2.24, 2.45) is 5.73 Å². The molecule has 5 N–H and O–H groups in total. The molecule has 1 atom stereocenters. The number of thioether (sulfide) groups is 1. The SMILES string of the molecule is COc1ccccc1/C=C(\NC(=O)c1ccccc1)C(=O)Nc1ccc(SC(C(=O)Nc2ccc(C(N)=O)cc2)c2ccccc2)cc1. The van der Waals surface area contributed by atoms with Gasteiger partial charge >= 0.3 is 0 Å². The van der Waals surface area contributed by atoms with Crippen LogP contribution in [0.25, 0.3) is 6.08 Å². The summed E-state index contributed by atoms with van der Waals surface area (Å²) in [4.78, 5) is 52.2. The number of nitrogens with one attached hydrogen (secondary N) is 3. The smallest absolute Gasteiger partial charge is 0.272 e. The molecule has 0 bridgehead atoms. The lowest BCUT2D eigenvalue weighted by molar-refractivity contribution is -0.116. The topological polar surface area (TPSA) is 140 Å². The van der Waals surface area contributed by atoms with Crippen LogP contribution in [0.2, 0.25) is 0 Å². The predicted molar refractivity (Wildman–Crippen MR) is 189 cm³/mol. The number of anilines is 2. The summed E-state index contributed by atoms with van der Waals surface area (Å²) in [7, 11) is 1.53. The van der Waals surface area contributed by atoms with Crippen LogP contribution in [-0.2, 0) is 9.59 Å². The highest BCUT2D eigenvalue weighted by Crippen LogP contribution is 2.37. The van der Waals surface area contributed by atoms with Crippen LogP contribution in [0.3, 0.4) is 0 Å². The highest BCUT2D eigenvalue weighted by molar-refractivity contribution is 8.00. The van der Waals surface area contributed by atoms with Crippen molar-refractivity contribution in [2.45, 2.75) is 10.1 Å². The lowest BCUT2D eigenvalue weighted by Crippen LogP contribution is -2.30. The zero-order valence-electron chi connectivity index (χ0n) is 25.9. The standard InChI is InChI=1S/C38H32N4O5S/c1-47-33-15-9-8-14-28(33)24-32(42-36(44)27-12-6-3-7-13-27)37(45)40-30-20-22-31(23-21-30)48-34(25-10-4-2-5-11-25)38(46)41-29-18-16-26(17-19-29)35(39)43/h2-24,34H,1H3,(H2,39,43)(H,40,45)(H,41,46)(H,42,44)/b32-24-. The van der Waals surface area contributed by atoms with Crippen LogP contribution < -0.4 is 26.4 Å². The van der Waals surface area contributed by atoms with Crippen LogP contribution in [0.1, 0.15) is 37.1 Å². The molecule has 0 aromatic heterocycles. The minimum absolute atomic E-state index is 0.0245. The van der Waals surface area contributed by atoms with E-state index in [9.17, 15) is 19.2 Å². The maximum atomic E-state index is 13.5. The molecule has 0 aliphatic carbocycles. The van der Waals surface area contributed by atoms with Crippen LogP contribution in [0, 0.1) is 0 Å². The third-order valence-electron chi connectivity index (χ3n) is 7.11. The van der Waals surface area contributed by atoms with E-state index in [0.29, 0.717) is 33.8 Å². The summed E-state index contributed by atoms with van der Waals surface area (Å²) in [6.45, 7) is 0. The number of ether oxygens (including phenoxy) is 1. The molecule has 0 aliphatic rings. The summed E-state index contributed by atoms with van der Waals surface area (Å²) >= 11 is 1.34. The number of para-hydroxylation sites is 1. The van der Waals surface area contributed by atoms with Gasteiger partial charge in [0.2, 0.25) is 11.8 Å². The minimum Gasteiger partial charge on any atom is -0.496 e. The van der Waals surface area contributed by atoms with Crippen molar-refractivity contribution in [1.82, 2.24) is 5.32 Å². The number of hydrogen-bond donors (Lipinski definition) is 4. The number of carbonyl (C=O) groups is 4. The van der Waals surface area contributed by atoms with E-state index < -0.39 is 23.0 Å². The third-order valence-corrected chi connectivity index (χ3v) is 8.38. The van der Waals surface area contributed by atoms with E-state index in [-0.39, 0.29) is 11.6 Å². The van der Waals surface area contributed by atoms with Gasteiger partial charge in [-0.1, -0.05) is 66.7 Å². The van der Waals surface area contributed by atoms with E-state index in [4.69, 9.17) is 10.5 Å². The highest BCUT2D eigenvalue weighted by atomic mass is 32.2. The van der Waals surface area contributed by atoms with Crippen LogP contribution in [-0.4, -0.2) is 30.7 Å². The monoisotopic (exact) mass is 656 g/mol. The average molecular weight is 657 g/mol.